The molecule has 2 aliphatic heterocycles. The molecule has 0 unspecified atom stereocenters. The summed E-state index contributed by atoms with van der Waals surface area (Å²) < 4.78 is 5.49. The largest absolute Gasteiger partial charge is 0.493 e. The third-order valence-electron chi connectivity index (χ3n) is 4.99. The molecule has 1 fully saturated rings. The lowest BCUT2D eigenvalue weighted by molar-refractivity contribution is 0.102. The van der Waals surface area contributed by atoms with Gasteiger partial charge in [0.25, 0.3) is 5.91 Å². The van der Waals surface area contributed by atoms with E-state index in [-0.39, 0.29) is 5.91 Å². The van der Waals surface area contributed by atoms with Crippen LogP contribution in [-0.4, -0.2) is 35.5 Å². The fraction of sp³-hybridized carbons (Fsp3) is 0.474. The first-order chi connectivity index (χ1) is 12.2. The smallest absolute Gasteiger partial charge is 0.257 e. The van der Waals surface area contributed by atoms with Crippen molar-refractivity contribution in [2.75, 3.05) is 25.0 Å². The van der Waals surface area contributed by atoms with Gasteiger partial charge in [-0.15, -0.1) is 11.3 Å². The Morgan fingerprint density at radius 3 is 3.08 bits per heavy atom. The van der Waals surface area contributed by atoms with Crippen LogP contribution >= 0.6 is 11.3 Å². The average Bonchev–Trinajstić information content (AvgIpc) is 3.25. The van der Waals surface area contributed by atoms with Gasteiger partial charge in [0.1, 0.15) is 5.75 Å². The van der Waals surface area contributed by atoms with Crippen molar-refractivity contribution < 1.29 is 9.53 Å². The highest BCUT2D eigenvalue weighted by Crippen LogP contribution is 2.26. The molecular weight excluding hydrogens is 334 g/mol. The third kappa shape index (κ3) is 3.85. The number of aromatic nitrogens is 1. The number of nitrogens with zero attached hydrogens (tertiary/aromatic N) is 2. The van der Waals surface area contributed by atoms with Gasteiger partial charge in [-0.1, -0.05) is 6.92 Å². The van der Waals surface area contributed by atoms with E-state index in [1.54, 1.807) is 0 Å². The van der Waals surface area contributed by atoms with Gasteiger partial charge in [-0.05, 0) is 55.6 Å². The standard InChI is InChI=1S/C19H23N3O2S/c1-13-4-7-22(8-5-13)11-16-12-25-19(20-16)21-18(23)15-2-3-17-14(10-15)6-9-24-17/h2-3,10,12-13H,4-9,11H2,1H3,(H,20,21,23). The minimum atomic E-state index is -0.109. The lowest BCUT2D eigenvalue weighted by Gasteiger charge is -2.29. The lowest BCUT2D eigenvalue weighted by Crippen LogP contribution is -2.32. The maximum Gasteiger partial charge on any atom is 0.257 e. The molecule has 0 radical (unpaired) electrons. The van der Waals surface area contributed by atoms with E-state index in [0.717, 1.165) is 49.0 Å². The second-order valence-electron chi connectivity index (χ2n) is 6.98. The van der Waals surface area contributed by atoms with E-state index in [1.807, 2.05) is 23.6 Å². The van der Waals surface area contributed by atoms with E-state index < -0.39 is 0 Å². The van der Waals surface area contributed by atoms with E-state index in [4.69, 9.17) is 4.74 Å². The third-order valence-corrected chi connectivity index (χ3v) is 5.79. The number of carbonyl (C=O) groups is 1. The van der Waals surface area contributed by atoms with Crippen LogP contribution in [0.1, 0.15) is 41.4 Å². The number of hydrogen-bond donors (Lipinski definition) is 1. The predicted octanol–water partition coefficient (Wildman–Crippen LogP) is 3.56. The SMILES string of the molecule is CC1CCN(Cc2csc(NC(=O)c3ccc4c(c3)CCO4)n2)CC1. The van der Waals surface area contributed by atoms with Gasteiger partial charge in [0, 0.05) is 23.9 Å². The van der Waals surface area contributed by atoms with Gasteiger partial charge in [-0.2, -0.15) is 0 Å². The molecule has 3 heterocycles. The molecule has 25 heavy (non-hydrogen) atoms. The molecule has 0 saturated carbocycles. The summed E-state index contributed by atoms with van der Waals surface area (Å²) in [5.74, 6) is 1.62. The molecule has 0 bridgehead atoms. The fourth-order valence-electron chi connectivity index (χ4n) is 3.38. The number of benzene rings is 1. The van der Waals surface area contributed by atoms with Crippen LogP contribution in [0.2, 0.25) is 0 Å². The number of anilines is 1. The molecule has 1 N–H and O–H groups in total. The molecule has 1 saturated heterocycles. The van der Waals surface area contributed by atoms with Gasteiger partial charge in [-0.25, -0.2) is 4.98 Å². The maximum absolute atomic E-state index is 12.5. The zero-order valence-electron chi connectivity index (χ0n) is 14.5. The van der Waals surface area contributed by atoms with Crippen LogP contribution in [0.3, 0.4) is 0 Å². The molecule has 4 rings (SSSR count). The van der Waals surface area contributed by atoms with E-state index in [1.165, 1.54) is 24.2 Å². The Bertz CT molecular complexity index is 766. The Morgan fingerprint density at radius 1 is 1.40 bits per heavy atom. The minimum absolute atomic E-state index is 0.109. The summed E-state index contributed by atoms with van der Waals surface area (Å²) in [7, 11) is 0. The van der Waals surface area contributed by atoms with E-state index in [2.05, 4.69) is 22.1 Å². The lowest BCUT2D eigenvalue weighted by atomic mass is 9.99. The quantitative estimate of drug-likeness (QED) is 0.909. The highest BCUT2D eigenvalue weighted by molar-refractivity contribution is 7.13. The van der Waals surface area contributed by atoms with Crippen molar-refractivity contribution in [1.82, 2.24) is 9.88 Å². The number of hydrogen-bond acceptors (Lipinski definition) is 5. The van der Waals surface area contributed by atoms with E-state index in [0.29, 0.717) is 17.3 Å². The van der Waals surface area contributed by atoms with Crippen LogP contribution in [0.15, 0.2) is 23.6 Å². The Morgan fingerprint density at radius 2 is 2.24 bits per heavy atom. The van der Waals surface area contributed by atoms with Crippen LogP contribution in [-0.2, 0) is 13.0 Å². The van der Waals surface area contributed by atoms with Gasteiger partial charge in [-0.3, -0.25) is 15.0 Å². The molecule has 6 heteroatoms. The molecular formula is C19H23N3O2S. The summed E-state index contributed by atoms with van der Waals surface area (Å²) in [6, 6.07) is 5.60. The van der Waals surface area contributed by atoms with Crippen LogP contribution < -0.4 is 10.1 Å². The number of piperidine rings is 1. The summed E-state index contributed by atoms with van der Waals surface area (Å²) >= 11 is 1.49. The summed E-state index contributed by atoms with van der Waals surface area (Å²) in [6.45, 7) is 6.16. The molecule has 1 aromatic heterocycles. The monoisotopic (exact) mass is 357 g/mol. The van der Waals surface area contributed by atoms with Crippen LogP contribution in [0.4, 0.5) is 5.13 Å². The maximum atomic E-state index is 12.5. The van der Waals surface area contributed by atoms with Crippen LogP contribution in [0.5, 0.6) is 5.75 Å². The first kappa shape index (κ1) is 16.5. The Kier molecular flexibility index (Phi) is 4.72. The number of nitrogens with one attached hydrogen (secondary N) is 1. The fourth-order valence-corrected chi connectivity index (χ4v) is 4.08. The summed E-state index contributed by atoms with van der Waals surface area (Å²) in [5, 5.41) is 5.64. The number of carbonyl (C=O) groups excluding carboxylic acids is 1. The molecule has 0 spiro atoms. The molecule has 5 nitrogen and oxygen atoms in total. The zero-order valence-corrected chi connectivity index (χ0v) is 15.3. The number of thiazole rings is 1. The van der Waals surface area contributed by atoms with Crippen molar-refractivity contribution in [3.05, 3.63) is 40.4 Å². The molecule has 132 valence electrons. The van der Waals surface area contributed by atoms with Crippen molar-refractivity contribution >= 4 is 22.4 Å². The van der Waals surface area contributed by atoms with E-state index in [9.17, 15) is 4.79 Å². The molecule has 1 aromatic carbocycles. The second kappa shape index (κ2) is 7.14. The number of ether oxygens (including phenoxy) is 1. The van der Waals surface area contributed by atoms with Crippen molar-refractivity contribution in [2.45, 2.75) is 32.7 Å². The van der Waals surface area contributed by atoms with Crippen molar-refractivity contribution in [2.24, 2.45) is 5.92 Å². The van der Waals surface area contributed by atoms with Crippen LogP contribution in [0, 0.1) is 5.92 Å². The van der Waals surface area contributed by atoms with Gasteiger partial charge < -0.3 is 4.74 Å². The predicted molar refractivity (Wildman–Crippen MR) is 99.4 cm³/mol. The van der Waals surface area contributed by atoms with Crippen molar-refractivity contribution in [1.29, 1.82) is 0 Å². The van der Waals surface area contributed by atoms with Gasteiger partial charge >= 0.3 is 0 Å². The topological polar surface area (TPSA) is 54.5 Å². The van der Waals surface area contributed by atoms with Crippen LogP contribution in [0.25, 0.3) is 0 Å². The summed E-state index contributed by atoms with van der Waals surface area (Å²) in [6.07, 6.45) is 3.39. The van der Waals surface area contributed by atoms with Gasteiger partial charge in [0.05, 0.1) is 12.3 Å². The Labute approximate surface area is 152 Å². The molecule has 2 aromatic rings. The normalized spacial score (nSPS) is 18.0. The molecule has 1 amide bonds. The first-order valence-electron chi connectivity index (χ1n) is 8.91. The highest BCUT2D eigenvalue weighted by Gasteiger charge is 2.18. The zero-order chi connectivity index (χ0) is 17.2. The second-order valence-corrected chi connectivity index (χ2v) is 7.84. The first-order valence-corrected chi connectivity index (χ1v) is 9.79. The van der Waals surface area contributed by atoms with Gasteiger partial charge in [0.15, 0.2) is 5.13 Å². The van der Waals surface area contributed by atoms with Crippen molar-refractivity contribution in [3.8, 4) is 5.75 Å². The Balaban J connectivity index is 1.36. The average molecular weight is 357 g/mol. The minimum Gasteiger partial charge on any atom is -0.493 e. The number of rotatable bonds is 4. The Hall–Kier alpha value is -1.92. The molecule has 0 atom stereocenters. The highest BCUT2D eigenvalue weighted by atomic mass is 32.1. The van der Waals surface area contributed by atoms with E-state index >= 15 is 0 Å². The summed E-state index contributed by atoms with van der Waals surface area (Å²) in [4.78, 5) is 19.5. The molecule has 0 aliphatic carbocycles. The number of amides is 1. The summed E-state index contributed by atoms with van der Waals surface area (Å²) in [5.41, 5.74) is 2.80. The van der Waals surface area contributed by atoms with Gasteiger partial charge in [0.2, 0.25) is 0 Å². The van der Waals surface area contributed by atoms with Crippen molar-refractivity contribution in [3.63, 3.8) is 0 Å². The number of likely N-dealkylation sites (tertiary alicyclic amines) is 1. The number of fused-ring (bicyclic) bond motifs is 1. The molecule has 2 aliphatic rings.